The molecule has 7 heteroatoms. The number of aryl methyl sites for hydroxylation is 2. The van der Waals surface area contributed by atoms with Crippen LogP contribution >= 0.6 is 0 Å². The number of rotatable bonds is 5. The maximum absolute atomic E-state index is 12.6. The van der Waals surface area contributed by atoms with Crippen LogP contribution in [-0.4, -0.2) is 57.9 Å². The summed E-state index contributed by atoms with van der Waals surface area (Å²) in [6, 6.07) is 8.15. The van der Waals surface area contributed by atoms with E-state index in [0.717, 1.165) is 24.1 Å². The highest BCUT2D eigenvalue weighted by Crippen LogP contribution is 2.31. The van der Waals surface area contributed by atoms with Crippen LogP contribution in [0.15, 0.2) is 28.8 Å². The minimum atomic E-state index is 0.143. The van der Waals surface area contributed by atoms with Crippen molar-refractivity contribution < 1.29 is 14.1 Å². The molecule has 4 rings (SSSR count). The first-order chi connectivity index (χ1) is 13.5. The molecule has 7 nitrogen and oxygen atoms in total. The lowest BCUT2D eigenvalue weighted by atomic mass is 9.92. The molecule has 1 aromatic heterocycles. The average molecular weight is 382 g/mol. The molecule has 0 N–H and O–H groups in total. The number of piperidine rings is 1. The number of likely N-dealkylation sites (N-methyl/N-ethyl adjacent to an activating group) is 1. The van der Waals surface area contributed by atoms with E-state index < -0.39 is 0 Å². The van der Waals surface area contributed by atoms with E-state index in [2.05, 4.69) is 10.1 Å². The third-order valence-corrected chi connectivity index (χ3v) is 5.93. The molecule has 148 valence electrons. The summed E-state index contributed by atoms with van der Waals surface area (Å²) in [5, 5.41) is 4.05. The minimum absolute atomic E-state index is 0.143. The van der Waals surface area contributed by atoms with Crippen LogP contribution in [0, 0.1) is 12.8 Å². The van der Waals surface area contributed by atoms with Gasteiger partial charge in [-0.3, -0.25) is 9.59 Å². The number of hydrogen-bond donors (Lipinski definition) is 0. The van der Waals surface area contributed by atoms with E-state index >= 15 is 0 Å². The smallest absolute Gasteiger partial charge is 0.226 e. The third-order valence-electron chi connectivity index (χ3n) is 5.93. The van der Waals surface area contributed by atoms with Crippen LogP contribution in [0.1, 0.15) is 37.1 Å². The number of carbonyl (C=O) groups is 2. The summed E-state index contributed by atoms with van der Waals surface area (Å²) in [7, 11) is 1.85. The number of hydrogen-bond acceptors (Lipinski definition) is 5. The summed E-state index contributed by atoms with van der Waals surface area (Å²) < 4.78 is 5.34. The largest absolute Gasteiger partial charge is 0.341 e. The van der Waals surface area contributed by atoms with E-state index in [0.29, 0.717) is 49.9 Å². The normalized spacial score (nSPS) is 21.9. The topological polar surface area (TPSA) is 79.5 Å². The Balaban J connectivity index is 1.27. The Morgan fingerprint density at radius 1 is 1.36 bits per heavy atom. The Morgan fingerprint density at radius 2 is 2.21 bits per heavy atom. The van der Waals surface area contributed by atoms with Gasteiger partial charge in [0.1, 0.15) is 0 Å². The zero-order valence-corrected chi connectivity index (χ0v) is 16.4. The number of aromatic nitrogens is 2. The molecule has 0 aliphatic carbocycles. The molecule has 0 radical (unpaired) electrons. The molecule has 0 spiro atoms. The molecule has 2 fully saturated rings. The van der Waals surface area contributed by atoms with Gasteiger partial charge in [0.2, 0.25) is 23.5 Å². The molecule has 2 aromatic rings. The van der Waals surface area contributed by atoms with Crippen LogP contribution in [0.2, 0.25) is 0 Å². The second-order valence-electron chi connectivity index (χ2n) is 7.90. The Hall–Kier alpha value is -2.70. The second-order valence-corrected chi connectivity index (χ2v) is 7.90. The molecule has 2 atom stereocenters. The monoisotopic (exact) mass is 382 g/mol. The molecule has 0 unspecified atom stereocenters. The van der Waals surface area contributed by atoms with Crippen LogP contribution in [0.3, 0.4) is 0 Å². The molecular weight excluding hydrogens is 356 g/mol. The summed E-state index contributed by atoms with van der Waals surface area (Å²) in [6.45, 7) is 3.43. The standard InChI is InChI=1S/C21H26N4O3/c1-14-5-3-6-16(11-14)21-22-18(28-23-21)7-4-8-19(26)25-10-9-15-12-20(27)24(2)17(15)13-25/h3,5-6,11,15,17H,4,7-10,12-13H2,1-2H3/t15-,17-/m1/s1. The Bertz CT molecular complexity index is 878. The summed E-state index contributed by atoms with van der Waals surface area (Å²) >= 11 is 0. The molecule has 0 saturated carbocycles. The fourth-order valence-corrected chi connectivity index (χ4v) is 4.24. The van der Waals surface area contributed by atoms with Crippen LogP contribution in [0.5, 0.6) is 0 Å². The maximum atomic E-state index is 12.6. The predicted molar refractivity (Wildman–Crippen MR) is 103 cm³/mol. The molecular formula is C21H26N4O3. The summed E-state index contributed by atoms with van der Waals surface area (Å²) in [4.78, 5) is 32.6. The zero-order valence-electron chi connectivity index (χ0n) is 16.4. The van der Waals surface area contributed by atoms with Crippen molar-refractivity contribution in [3.63, 3.8) is 0 Å². The van der Waals surface area contributed by atoms with Gasteiger partial charge in [0.25, 0.3) is 0 Å². The van der Waals surface area contributed by atoms with Crippen molar-refractivity contribution in [3.05, 3.63) is 35.7 Å². The number of nitrogens with zero attached hydrogens (tertiary/aromatic N) is 4. The molecule has 1 aromatic carbocycles. The predicted octanol–water partition coefficient (Wildman–Crippen LogP) is 2.45. The quantitative estimate of drug-likeness (QED) is 0.794. The van der Waals surface area contributed by atoms with Crippen molar-refractivity contribution in [2.24, 2.45) is 5.92 Å². The van der Waals surface area contributed by atoms with Crippen molar-refractivity contribution in [3.8, 4) is 11.4 Å². The van der Waals surface area contributed by atoms with Crippen LogP contribution in [0.25, 0.3) is 11.4 Å². The first kappa shape index (κ1) is 18.7. The summed E-state index contributed by atoms with van der Waals surface area (Å²) in [5.41, 5.74) is 2.08. The van der Waals surface area contributed by atoms with E-state index in [1.165, 1.54) is 0 Å². The van der Waals surface area contributed by atoms with Gasteiger partial charge in [0.05, 0.1) is 6.04 Å². The van der Waals surface area contributed by atoms with Crippen molar-refractivity contribution in [1.29, 1.82) is 0 Å². The van der Waals surface area contributed by atoms with E-state index in [4.69, 9.17) is 4.52 Å². The van der Waals surface area contributed by atoms with Gasteiger partial charge in [-0.1, -0.05) is 28.9 Å². The highest BCUT2D eigenvalue weighted by atomic mass is 16.5. The fourth-order valence-electron chi connectivity index (χ4n) is 4.24. The van der Waals surface area contributed by atoms with Crippen LogP contribution in [-0.2, 0) is 16.0 Å². The van der Waals surface area contributed by atoms with Gasteiger partial charge in [-0.05, 0) is 31.7 Å². The highest BCUT2D eigenvalue weighted by Gasteiger charge is 2.41. The lowest BCUT2D eigenvalue weighted by molar-refractivity contribution is -0.135. The molecule has 2 aliphatic rings. The van der Waals surface area contributed by atoms with Crippen molar-refractivity contribution in [1.82, 2.24) is 19.9 Å². The van der Waals surface area contributed by atoms with Gasteiger partial charge in [-0.25, -0.2) is 0 Å². The lowest BCUT2D eigenvalue weighted by Gasteiger charge is -2.37. The molecule has 2 aliphatic heterocycles. The highest BCUT2D eigenvalue weighted by molar-refractivity contribution is 5.80. The molecule has 2 amide bonds. The number of fused-ring (bicyclic) bond motifs is 1. The first-order valence-electron chi connectivity index (χ1n) is 9.94. The van der Waals surface area contributed by atoms with E-state index in [1.807, 2.05) is 48.0 Å². The molecule has 0 bridgehead atoms. The van der Waals surface area contributed by atoms with E-state index in [9.17, 15) is 9.59 Å². The van der Waals surface area contributed by atoms with Gasteiger partial charge in [0, 0.05) is 45.0 Å². The van der Waals surface area contributed by atoms with Gasteiger partial charge in [-0.15, -0.1) is 0 Å². The van der Waals surface area contributed by atoms with Gasteiger partial charge < -0.3 is 14.3 Å². The SMILES string of the molecule is Cc1cccc(-c2noc(CCCC(=O)N3CC[C@@H]4CC(=O)N(C)[C@@H]4C3)n2)c1. The fraction of sp³-hybridized carbons (Fsp3) is 0.524. The minimum Gasteiger partial charge on any atom is -0.341 e. The average Bonchev–Trinajstić information content (AvgIpc) is 3.26. The van der Waals surface area contributed by atoms with Gasteiger partial charge >= 0.3 is 0 Å². The summed E-state index contributed by atoms with van der Waals surface area (Å²) in [5.74, 6) is 1.89. The van der Waals surface area contributed by atoms with Crippen LogP contribution < -0.4 is 0 Å². The summed E-state index contributed by atoms with van der Waals surface area (Å²) in [6.07, 6.45) is 3.26. The number of benzene rings is 1. The third kappa shape index (κ3) is 3.79. The van der Waals surface area contributed by atoms with Crippen molar-refractivity contribution in [2.45, 2.75) is 45.1 Å². The first-order valence-corrected chi connectivity index (χ1v) is 9.94. The Morgan fingerprint density at radius 3 is 3.04 bits per heavy atom. The Labute approximate surface area is 164 Å². The van der Waals surface area contributed by atoms with Gasteiger partial charge in [0.15, 0.2) is 0 Å². The number of amides is 2. The van der Waals surface area contributed by atoms with Crippen molar-refractivity contribution in [2.75, 3.05) is 20.1 Å². The Kier molecular flexibility index (Phi) is 5.15. The van der Waals surface area contributed by atoms with Crippen LogP contribution in [0.4, 0.5) is 0 Å². The van der Waals surface area contributed by atoms with E-state index in [1.54, 1.807) is 0 Å². The maximum Gasteiger partial charge on any atom is 0.226 e. The van der Waals surface area contributed by atoms with Crippen molar-refractivity contribution >= 4 is 11.8 Å². The molecule has 28 heavy (non-hydrogen) atoms. The lowest BCUT2D eigenvalue weighted by Crippen LogP contribution is -2.49. The second kappa shape index (κ2) is 7.73. The zero-order chi connectivity index (χ0) is 19.7. The molecule has 3 heterocycles. The number of likely N-dealkylation sites (tertiary alicyclic amines) is 2. The van der Waals surface area contributed by atoms with Gasteiger partial charge in [-0.2, -0.15) is 4.98 Å². The number of carbonyl (C=O) groups excluding carboxylic acids is 2. The van der Waals surface area contributed by atoms with E-state index in [-0.39, 0.29) is 17.9 Å². The molecule has 2 saturated heterocycles.